The zero-order valence-corrected chi connectivity index (χ0v) is 32.2. The molecular weight excluding hydrogens is 761 g/mol. The molecule has 0 radical (unpaired) electrons. The molecule has 0 aliphatic rings. The maximum atomic E-state index is 10.5. The molecule has 0 atom stereocenters. The second-order valence-corrected chi connectivity index (χ2v) is 14.2. The van der Waals surface area contributed by atoms with E-state index in [1.165, 1.54) is 6.07 Å². The Balaban J connectivity index is 0.943. The Morgan fingerprint density at radius 3 is 0.918 bits per heavy atom. The minimum Gasteiger partial charge on any atom is -0.507 e. The first-order chi connectivity index (χ1) is 30.0. The zero-order chi connectivity index (χ0) is 41.3. The van der Waals surface area contributed by atoms with Gasteiger partial charge in [0.1, 0.15) is 17.2 Å². The standard InChI is InChI=1S/C50H32N8O3/c59-46-29-28-45(50-37(46)18-9-21-48(50)61)58-56-43-27-25-41(34-15-4-6-17-36(34)43)54-52-39-23-22-38(31-12-1-2-13-32(31)39)51-53-40-24-26-42(35-16-5-3-14-33(35)40)55-57-44-19-7-10-30-11-8-20-47(60)49(30)44/h1-29,59-61H. The van der Waals surface area contributed by atoms with E-state index in [2.05, 4.69) is 20.5 Å². The van der Waals surface area contributed by atoms with Crippen LogP contribution in [0.15, 0.2) is 217 Å². The van der Waals surface area contributed by atoms with Crippen LogP contribution in [0.3, 0.4) is 0 Å². The quantitative estimate of drug-likeness (QED) is 0.131. The molecule has 0 amide bonds. The number of fused-ring (bicyclic) bond motifs is 5. The molecule has 11 nitrogen and oxygen atoms in total. The number of benzene rings is 10. The molecule has 0 aromatic heterocycles. The molecule has 61 heavy (non-hydrogen) atoms. The van der Waals surface area contributed by atoms with Crippen LogP contribution in [0.5, 0.6) is 17.2 Å². The lowest BCUT2D eigenvalue weighted by atomic mass is 10.1. The Kier molecular flexibility index (Phi) is 9.35. The monoisotopic (exact) mass is 792 g/mol. The summed E-state index contributed by atoms with van der Waals surface area (Å²) in [4.78, 5) is 0. The molecule has 10 aromatic rings. The normalized spacial score (nSPS) is 12.2. The topological polar surface area (TPSA) is 160 Å². The molecule has 10 rings (SSSR count). The van der Waals surface area contributed by atoms with Gasteiger partial charge in [0, 0.05) is 37.7 Å². The predicted molar refractivity (Wildman–Crippen MR) is 241 cm³/mol. The van der Waals surface area contributed by atoms with E-state index >= 15 is 0 Å². The van der Waals surface area contributed by atoms with Gasteiger partial charge >= 0.3 is 0 Å². The van der Waals surface area contributed by atoms with Crippen molar-refractivity contribution in [2.24, 2.45) is 40.9 Å². The van der Waals surface area contributed by atoms with Crippen LogP contribution in [-0.4, -0.2) is 15.3 Å². The van der Waals surface area contributed by atoms with Gasteiger partial charge in [-0.25, -0.2) is 0 Å². The second-order valence-electron chi connectivity index (χ2n) is 14.2. The summed E-state index contributed by atoms with van der Waals surface area (Å²) >= 11 is 0. The highest BCUT2D eigenvalue weighted by molar-refractivity contribution is 6.04. The Labute approximate surface area is 347 Å². The van der Waals surface area contributed by atoms with Crippen LogP contribution in [0.1, 0.15) is 0 Å². The largest absolute Gasteiger partial charge is 0.507 e. The maximum Gasteiger partial charge on any atom is 0.125 e. The number of nitrogens with zero attached hydrogens (tertiary/aromatic N) is 8. The van der Waals surface area contributed by atoms with E-state index in [0.29, 0.717) is 61.7 Å². The average Bonchev–Trinajstić information content (AvgIpc) is 3.30. The molecule has 0 saturated heterocycles. The molecular formula is C50H32N8O3. The minimum atomic E-state index is 0.00653. The van der Waals surface area contributed by atoms with Crippen molar-refractivity contribution in [3.63, 3.8) is 0 Å². The fourth-order valence-electron chi connectivity index (χ4n) is 7.58. The van der Waals surface area contributed by atoms with Gasteiger partial charge in [-0.15, -0.1) is 40.9 Å². The minimum absolute atomic E-state index is 0.00653. The highest BCUT2D eigenvalue weighted by atomic mass is 16.3. The van der Waals surface area contributed by atoms with E-state index in [4.69, 9.17) is 20.5 Å². The smallest absolute Gasteiger partial charge is 0.125 e. The molecule has 0 aliphatic carbocycles. The van der Waals surface area contributed by atoms with E-state index in [1.807, 2.05) is 133 Å². The number of hydrogen-bond acceptors (Lipinski definition) is 11. The van der Waals surface area contributed by atoms with Crippen LogP contribution in [-0.2, 0) is 0 Å². The summed E-state index contributed by atoms with van der Waals surface area (Å²) in [5, 5.41) is 76.0. The van der Waals surface area contributed by atoms with E-state index in [0.717, 1.165) is 37.7 Å². The van der Waals surface area contributed by atoms with Crippen molar-refractivity contribution in [2.75, 3.05) is 0 Å². The number of azo groups is 4. The number of phenols is 3. The zero-order valence-electron chi connectivity index (χ0n) is 32.2. The maximum absolute atomic E-state index is 10.5. The summed E-state index contributed by atoms with van der Waals surface area (Å²) in [5.74, 6) is 0.211. The fourth-order valence-corrected chi connectivity index (χ4v) is 7.58. The van der Waals surface area contributed by atoms with Crippen molar-refractivity contribution in [1.29, 1.82) is 0 Å². The molecule has 0 aliphatic heterocycles. The molecule has 11 heteroatoms. The van der Waals surface area contributed by atoms with Gasteiger partial charge in [-0.3, -0.25) is 0 Å². The number of phenolic OH excluding ortho intramolecular Hbond substituents is 3. The van der Waals surface area contributed by atoms with Crippen LogP contribution in [0.25, 0.3) is 53.9 Å². The summed E-state index contributed by atoms with van der Waals surface area (Å²) in [6.45, 7) is 0. The summed E-state index contributed by atoms with van der Waals surface area (Å²) < 4.78 is 0. The SMILES string of the molecule is Oc1ccc(N=Nc2ccc(N=Nc3ccc(N=Nc4ccc(N=Nc5cccc6cccc(O)c56)c5ccccc45)c4ccccc34)c3ccccc23)c2c(O)cccc12. The average molecular weight is 793 g/mol. The number of aromatic hydroxyl groups is 3. The van der Waals surface area contributed by atoms with Crippen molar-refractivity contribution in [2.45, 2.75) is 0 Å². The molecule has 0 bridgehead atoms. The summed E-state index contributed by atoms with van der Waals surface area (Å²) in [6, 6.07) is 53.9. The third kappa shape index (κ3) is 6.91. The van der Waals surface area contributed by atoms with E-state index in [1.54, 1.807) is 36.4 Å². The van der Waals surface area contributed by atoms with Gasteiger partial charge in [0.15, 0.2) is 0 Å². The van der Waals surface area contributed by atoms with Crippen molar-refractivity contribution >= 4 is 99.4 Å². The lowest BCUT2D eigenvalue weighted by Crippen LogP contribution is -1.78. The van der Waals surface area contributed by atoms with Crippen LogP contribution < -0.4 is 0 Å². The molecule has 3 N–H and O–H groups in total. The van der Waals surface area contributed by atoms with Crippen molar-refractivity contribution in [3.8, 4) is 17.2 Å². The van der Waals surface area contributed by atoms with Crippen molar-refractivity contribution < 1.29 is 15.3 Å². The molecule has 0 fully saturated rings. The van der Waals surface area contributed by atoms with Crippen LogP contribution in [0.4, 0.5) is 45.5 Å². The van der Waals surface area contributed by atoms with E-state index in [9.17, 15) is 15.3 Å². The molecule has 0 unspecified atom stereocenters. The van der Waals surface area contributed by atoms with Gasteiger partial charge in [0.2, 0.25) is 0 Å². The third-order valence-electron chi connectivity index (χ3n) is 10.5. The number of rotatable bonds is 8. The van der Waals surface area contributed by atoms with Gasteiger partial charge in [-0.05, 0) is 72.1 Å². The third-order valence-corrected chi connectivity index (χ3v) is 10.5. The Bertz CT molecular complexity index is 3490. The van der Waals surface area contributed by atoms with Gasteiger partial charge in [0.05, 0.1) is 56.3 Å². The Hall–Kier alpha value is -8.70. The Morgan fingerprint density at radius 2 is 0.508 bits per heavy atom. The first-order valence-corrected chi connectivity index (χ1v) is 19.4. The van der Waals surface area contributed by atoms with Gasteiger partial charge < -0.3 is 15.3 Å². The number of hydrogen-bond donors (Lipinski definition) is 3. The summed E-state index contributed by atoms with van der Waals surface area (Å²) in [5.41, 5.74) is 4.95. The Morgan fingerprint density at radius 1 is 0.213 bits per heavy atom. The van der Waals surface area contributed by atoms with E-state index in [-0.39, 0.29) is 17.2 Å². The van der Waals surface area contributed by atoms with Gasteiger partial charge in [-0.1, -0.05) is 109 Å². The highest BCUT2D eigenvalue weighted by Crippen LogP contribution is 2.42. The van der Waals surface area contributed by atoms with Crippen LogP contribution >= 0.6 is 0 Å². The van der Waals surface area contributed by atoms with Crippen molar-refractivity contribution in [3.05, 3.63) is 176 Å². The molecule has 290 valence electrons. The first-order valence-electron chi connectivity index (χ1n) is 19.4. The van der Waals surface area contributed by atoms with Gasteiger partial charge in [0.25, 0.3) is 0 Å². The molecule has 10 aromatic carbocycles. The molecule has 0 saturated carbocycles. The summed E-state index contributed by atoms with van der Waals surface area (Å²) in [6.07, 6.45) is 0. The highest BCUT2D eigenvalue weighted by Gasteiger charge is 2.12. The lowest BCUT2D eigenvalue weighted by Gasteiger charge is -2.07. The van der Waals surface area contributed by atoms with E-state index < -0.39 is 0 Å². The lowest BCUT2D eigenvalue weighted by molar-refractivity contribution is 0.475. The first kappa shape index (κ1) is 36.6. The van der Waals surface area contributed by atoms with Crippen LogP contribution in [0, 0.1) is 0 Å². The van der Waals surface area contributed by atoms with Crippen LogP contribution in [0.2, 0.25) is 0 Å². The predicted octanol–water partition coefficient (Wildman–Crippen LogP) is 16.2. The van der Waals surface area contributed by atoms with Crippen molar-refractivity contribution in [1.82, 2.24) is 0 Å². The summed E-state index contributed by atoms with van der Waals surface area (Å²) in [7, 11) is 0. The fraction of sp³-hybridized carbons (Fsp3) is 0. The molecule has 0 heterocycles. The molecule has 0 spiro atoms. The van der Waals surface area contributed by atoms with Gasteiger partial charge in [-0.2, -0.15) is 0 Å². The second kappa shape index (κ2) is 15.6.